The van der Waals surface area contributed by atoms with Crippen LogP contribution in [-0.4, -0.2) is 0 Å². The summed E-state index contributed by atoms with van der Waals surface area (Å²) in [6.07, 6.45) is -0.308. The Hall–Kier alpha value is -3.75. The van der Waals surface area contributed by atoms with Crippen molar-refractivity contribution in [3.8, 4) is 11.1 Å². The van der Waals surface area contributed by atoms with E-state index in [1.165, 1.54) is 32.3 Å². The molecule has 0 aliphatic heterocycles. The highest BCUT2D eigenvalue weighted by atomic mass is 32.1. The molecule has 0 bridgehead atoms. The van der Waals surface area contributed by atoms with E-state index < -0.39 is 18.6 Å². The van der Waals surface area contributed by atoms with Gasteiger partial charge in [0.05, 0.1) is 10.8 Å². The van der Waals surface area contributed by atoms with Crippen LogP contribution >= 0.6 is 11.3 Å². The van der Waals surface area contributed by atoms with E-state index in [9.17, 15) is 2.74 Å². The van der Waals surface area contributed by atoms with Crippen LogP contribution in [0, 0.1) is 19.2 Å². The molecular weight excluding hydrogens is 563 g/mol. The highest BCUT2D eigenvalue weighted by molar-refractivity contribution is 7.26. The Morgan fingerprint density at radius 2 is 1.44 bits per heavy atom. The van der Waals surface area contributed by atoms with Gasteiger partial charge in [-0.15, -0.1) is 11.3 Å². The van der Waals surface area contributed by atoms with E-state index in [-0.39, 0.29) is 11.1 Å². The molecule has 0 aliphatic carbocycles. The van der Waals surface area contributed by atoms with Crippen LogP contribution in [0.3, 0.4) is 0 Å². The van der Waals surface area contributed by atoms with E-state index in [1.54, 1.807) is 17.5 Å². The minimum atomic E-state index is -2.51. The Bertz CT molecular complexity index is 2480. The Kier molecular flexibility index (Phi) is 5.80. The molecule has 0 unspecified atom stereocenters. The molecule has 45 heavy (non-hydrogen) atoms. The lowest BCUT2D eigenvalue weighted by molar-refractivity contribution is -0.644. The Morgan fingerprint density at radius 1 is 0.778 bits per heavy atom. The van der Waals surface area contributed by atoms with Gasteiger partial charge in [-0.2, -0.15) is 0 Å². The number of thiophene rings is 1. The zero-order valence-corrected chi connectivity index (χ0v) is 28.8. The van der Waals surface area contributed by atoms with Crippen LogP contribution in [0.25, 0.3) is 63.7 Å². The van der Waals surface area contributed by atoms with Crippen LogP contribution in [0.1, 0.15) is 95.0 Å². The van der Waals surface area contributed by atoms with Gasteiger partial charge in [-0.1, -0.05) is 103 Å². The van der Waals surface area contributed by atoms with Crippen molar-refractivity contribution in [1.82, 2.24) is 0 Å². The second kappa shape index (κ2) is 10.7. The summed E-state index contributed by atoms with van der Waals surface area (Å²) in [6.45, 7) is 14.2. The van der Waals surface area contributed by atoms with Gasteiger partial charge < -0.3 is 0 Å². The van der Waals surface area contributed by atoms with Crippen LogP contribution in [0.2, 0.25) is 0 Å². The summed E-state index contributed by atoms with van der Waals surface area (Å²) in [5.74, 6) is 0.725. The van der Waals surface area contributed by atoms with Gasteiger partial charge in [0, 0.05) is 38.2 Å². The normalized spacial score (nSPS) is 15.0. The Labute approximate surface area is 279 Å². The minimum absolute atomic E-state index is 0.0619. The smallest absolute Gasteiger partial charge is 0.200 e. The van der Waals surface area contributed by atoms with Crippen LogP contribution in [0.5, 0.6) is 0 Å². The van der Waals surface area contributed by atoms with Crippen LogP contribution in [0.4, 0.5) is 0 Å². The number of aromatic nitrogens is 1. The second-order valence-electron chi connectivity index (χ2n) is 14.4. The summed E-state index contributed by atoms with van der Waals surface area (Å²) in [7, 11) is 1.90. The summed E-state index contributed by atoms with van der Waals surface area (Å²) >= 11 is 1.78. The number of hydrogen-bond donors (Lipinski definition) is 0. The summed E-state index contributed by atoms with van der Waals surface area (Å²) in [5.41, 5.74) is 6.63. The van der Waals surface area contributed by atoms with Crippen molar-refractivity contribution >= 4 is 64.0 Å². The first kappa shape index (κ1) is 24.5. The monoisotopic (exact) mass is 613 g/mol. The lowest BCUT2D eigenvalue weighted by Crippen LogP contribution is -2.31. The lowest BCUT2D eigenvalue weighted by Gasteiger charge is -2.22. The van der Waals surface area contributed by atoms with Gasteiger partial charge in [0.15, 0.2) is 6.20 Å². The topological polar surface area (TPSA) is 3.88 Å². The molecule has 2 heterocycles. The van der Waals surface area contributed by atoms with Crippen molar-refractivity contribution in [2.45, 2.75) is 80.5 Å². The number of fused-ring (bicyclic) bond motifs is 9. The molecule has 0 N–H and O–H groups in total. The van der Waals surface area contributed by atoms with E-state index in [1.807, 2.05) is 32.4 Å². The Balaban J connectivity index is 1.73. The third kappa shape index (κ3) is 4.76. The zero-order valence-electron chi connectivity index (χ0n) is 32.9. The molecule has 0 amide bonds. The predicted octanol–water partition coefficient (Wildman–Crippen LogP) is 12.5. The van der Waals surface area contributed by atoms with Gasteiger partial charge in [-0.3, -0.25) is 0 Å². The predicted molar refractivity (Wildman–Crippen MR) is 199 cm³/mol. The third-order valence-electron chi connectivity index (χ3n) is 9.28. The Morgan fingerprint density at radius 3 is 2.11 bits per heavy atom. The molecule has 1 nitrogen and oxygen atoms in total. The minimum Gasteiger partial charge on any atom is -0.200 e. The van der Waals surface area contributed by atoms with E-state index >= 15 is 0 Å². The third-order valence-corrected chi connectivity index (χ3v) is 10.5. The van der Waals surface area contributed by atoms with Crippen molar-refractivity contribution in [3.63, 3.8) is 0 Å². The molecule has 7 aromatic rings. The van der Waals surface area contributed by atoms with Crippen LogP contribution < -0.4 is 4.57 Å². The molecule has 0 atom stereocenters. The number of benzene rings is 5. The fourth-order valence-corrected chi connectivity index (χ4v) is 8.60. The summed E-state index contributed by atoms with van der Waals surface area (Å²) in [4.78, 5) is 0. The molecule has 0 saturated carbocycles. The summed E-state index contributed by atoms with van der Waals surface area (Å²) < 4.78 is 49.4. The standard InChI is InChI=1S/C43H46NS/c1-24(2)28-15-12-16-29(25(3)4)39(28)32-19-13-18-31-34-20-33-30-17-11-14-26(5)38(30)41-40(35(33)21-37(34)45-42(31)32)36(22-43(7,8)9)27(6)23-44(41)10/h11-21,23-25H,22H2,1-10H3/q+1/i6D3,22D2. The zero-order chi connectivity index (χ0) is 36.2. The van der Waals surface area contributed by atoms with Crippen LogP contribution in [0.15, 0.2) is 72.9 Å². The van der Waals surface area contributed by atoms with E-state index in [4.69, 9.17) is 4.11 Å². The number of nitrogens with zero attached hydrogens (tertiary/aromatic N) is 1. The fourth-order valence-electron chi connectivity index (χ4n) is 7.36. The highest BCUT2D eigenvalue weighted by Crippen LogP contribution is 2.47. The quantitative estimate of drug-likeness (QED) is 0.137. The van der Waals surface area contributed by atoms with Gasteiger partial charge in [0.25, 0.3) is 0 Å². The molecule has 0 saturated heterocycles. The number of aryl methyl sites for hydroxylation is 3. The number of pyridine rings is 1. The lowest BCUT2D eigenvalue weighted by atomic mass is 9.82. The van der Waals surface area contributed by atoms with E-state index in [2.05, 4.69) is 101 Å². The number of hydrogen-bond acceptors (Lipinski definition) is 1. The first-order valence-corrected chi connectivity index (χ1v) is 17.0. The van der Waals surface area contributed by atoms with E-state index in [0.717, 1.165) is 42.7 Å². The van der Waals surface area contributed by atoms with Gasteiger partial charge in [0.2, 0.25) is 5.52 Å². The van der Waals surface area contributed by atoms with Crippen molar-refractivity contribution < 1.29 is 11.4 Å². The van der Waals surface area contributed by atoms with Gasteiger partial charge >= 0.3 is 0 Å². The molecule has 0 radical (unpaired) electrons. The largest absolute Gasteiger partial charge is 0.221 e. The van der Waals surface area contributed by atoms with Crippen molar-refractivity contribution in [1.29, 1.82) is 0 Å². The van der Waals surface area contributed by atoms with Gasteiger partial charge in [-0.25, -0.2) is 4.57 Å². The molecule has 7 rings (SSSR count). The summed E-state index contributed by atoms with van der Waals surface area (Å²) in [5, 5.41) is 7.03. The van der Waals surface area contributed by atoms with Crippen LogP contribution in [-0.2, 0) is 13.4 Å². The van der Waals surface area contributed by atoms with E-state index in [0.29, 0.717) is 17.2 Å². The average molecular weight is 614 g/mol. The van der Waals surface area contributed by atoms with Crippen molar-refractivity contribution in [3.05, 3.63) is 101 Å². The fraction of sp³-hybridized carbons (Fsp3) is 0.326. The first-order valence-electron chi connectivity index (χ1n) is 18.6. The summed E-state index contributed by atoms with van der Waals surface area (Å²) in [6, 6.07) is 24.2. The molecule has 2 aromatic heterocycles. The second-order valence-corrected chi connectivity index (χ2v) is 15.5. The molecule has 228 valence electrons. The first-order chi connectivity index (χ1) is 23.3. The molecule has 0 spiro atoms. The maximum absolute atomic E-state index is 9.62. The molecule has 2 heteroatoms. The van der Waals surface area contributed by atoms with Gasteiger partial charge in [0.1, 0.15) is 7.05 Å². The maximum Gasteiger partial charge on any atom is 0.221 e. The van der Waals surface area contributed by atoms with Gasteiger partial charge in [-0.05, 0) is 93.5 Å². The number of rotatable bonds is 4. The molecular formula is C43H46NS+. The maximum atomic E-state index is 9.62. The average Bonchev–Trinajstić information content (AvgIpc) is 3.40. The molecule has 0 fully saturated rings. The SMILES string of the molecule is [2H]C([2H])([2H])c1c[n+](C)c2c3c(C)cccc3c3cc4c(cc3c2c1C([2H])([2H])C(C)(C)C)sc1c(-c2c(C(C)C)cccc2C(C)C)cccc14. The molecule has 0 aliphatic rings. The van der Waals surface area contributed by atoms with Crippen molar-refractivity contribution in [2.24, 2.45) is 12.5 Å². The van der Waals surface area contributed by atoms with Crippen molar-refractivity contribution in [2.75, 3.05) is 0 Å². The molecule has 5 aromatic carbocycles. The highest BCUT2D eigenvalue weighted by Gasteiger charge is 2.26.